The smallest absolute Gasteiger partial charge is 0.183 e. The molecule has 0 bridgehead atoms. The van der Waals surface area contributed by atoms with E-state index in [1.807, 2.05) is 25.3 Å². The summed E-state index contributed by atoms with van der Waals surface area (Å²) in [6, 6.07) is 3.97. The summed E-state index contributed by atoms with van der Waals surface area (Å²) in [4.78, 5) is 4.11. The lowest BCUT2D eigenvalue weighted by atomic mass is 10.3. The third kappa shape index (κ3) is 2.86. The molecule has 0 unspecified atom stereocenters. The number of rotatable bonds is 3. The van der Waals surface area contributed by atoms with E-state index in [0.29, 0.717) is 11.2 Å². The van der Waals surface area contributed by atoms with Crippen LogP contribution in [0, 0.1) is 6.92 Å². The number of anilines is 1. The van der Waals surface area contributed by atoms with Gasteiger partial charge in [-0.05, 0) is 56.5 Å². The summed E-state index contributed by atoms with van der Waals surface area (Å²) in [7, 11) is 0. The molecule has 0 saturated carbocycles. The molecule has 0 aromatic carbocycles. The van der Waals surface area contributed by atoms with Gasteiger partial charge >= 0.3 is 0 Å². The minimum atomic E-state index is 0.634. The van der Waals surface area contributed by atoms with Crippen LogP contribution in [0.4, 0.5) is 5.69 Å². The highest BCUT2D eigenvalue weighted by Crippen LogP contribution is 2.27. The lowest BCUT2D eigenvalue weighted by Gasteiger charge is -2.03. The lowest BCUT2D eigenvalue weighted by molar-refractivity contribution is 0.494. The third-order valence-electron chi connectivity index (χ3n) is 2.04. The largest absolute Gasteiger partial charge is 0.451 e. The van der Waals surface area contributed by atoms with Gasteiger partial charge in [-0.25, -0.2) is 0 Å². The quantitative estimate of drug-likeness (QED) is 0.909. The fourth-order valence-electron chi connectivity index (χ4n) is 1.32. The normalized spacial score (nSPS) is 10.4. The first-order valence-electron chi connectivity index (χ1n) is 4.74. The second-order valence-corrected chi connectivity index (χ2v) is 5.01. The highest BCUT2D eigenvalue weighted by atomic mass is 79.9. The van der Waals surface area contributed by atoms with Crippen LogP contribution in [0.15, 0.2) is 38.1 Å². The zero-order chi connectivity index (χ0) is 11.5. The fourth-order valence-corrected chi connectivity index (χ4v) is 1.98. The number of aromatic nitrogens is 1. The summed E-state index contributed by atoms with van der Waals surface area (Å²) in [6.45, 7) is 2.65. The number of nitrogens with one attached hydrogen (secondary N) is 1. The molecule has 0 fully saturated rings. The van der Waals surface area contributed by atoms with E-state index >= 15 is 0 Å². The average molecular weight is 346 g/mol. The van der Waals surface area contributed by atoms with E-state index in [1.54, 1.807) is 6.20 Å². The van der Waals surface area contributed by atoms with E-state index in [4.69, 9.17) is 4.42 Å². The molecule has 5 heteroatoms. The van der Waals surface area contributed by atoms with Crippen molar-refractivity contribution in [3.05, 3.63) is 45.0 Å². The Morgan fingerprint density at radius 3 is 2.75 bits per heavy atom. The maximum absolute atomic E-state index is 5.45. The van der Waals surface area contributed by atoms with Crippen molar-refractivity contribution >= 4 is 37.5 Å². The van der Waals surface area contributed by atoms with Gasteiger partial charge in [0.15, 0.2) is 4.67 Å². The lowest BCUT2D eigenvalue weighted by Crippen LogP contribution is -1.98. The van der Waals surface area contributed by atoms with Crippen LogP contribution < -0.4 is 5.32 Å². The Morgan fingerprint density at radius 2 is 2.12 bits per heavy atom. The summed E-state index contributed by atoms with van der Waals surface area (Å²) in [6.07, 6.45) is 3.62. The minimum absolute atomic E-state index is 0.634. The van der Waals surface area contributed by atoms with Gasteiger partial charge in [0.1, 0.15) is 5.76 Å². The van der Waals surface area contributed by atoms with Crippen LogP contribution in [0.25, 0.3) is 0 Å². The van der Waals surface area contributed by atoms with E-state index in [9.17, 15) is 0 Å². The summed E-state index contributed by atoms with van der Waals surface area (Å²) in [5.41, 5.74) is 2.12. The first-order valence-corrected chi connectivity index (χ1v) is 6.33. The SMILES string of the molecule is Cc1cncc(NCc2cc(Br)c(Br)o2)c1. The van der Waals surface area contributed by atoms with Gasteiger partial charge in [0.25, 0.3) is 0 Å². The highest BCUT2D eigenvalue weighted by Gasteiger charge is 2.05. The zero-order valence-corrected chi connectivity index (χ0v) is 11.8. The number of halogens is 2. The Bertz CT molecular complexity index is 477. The van der Waals surface area contributed by atoms with Crippen molar-refractivity contribution < 1.29 is 4.42 Å². The van der Waals surface area contributed by atoms with E-state index < -0.39 is 0 Å². The van der Waals surface area contributed by atoms with Crippen LogP contribution in [-0.4, -0.2) is 4.98 Å². The number of hydrogen-bond donors (Lipinski definition) is 1. The maximum Gasteiger partial charge on any atom is 0.183 e. The van der Waals surface area contributed by atoms with Crippen molar-refractivity contribution in [3.8, 4) is 0 Å². The summed E-state index contributed by atoms with van der Waals surface area (Å²) < 4.78 is 7.09. The monoisotopic (exact) mass is 344 g/mol. The Labute approximate surface area is 111 Å². The molecule has 0 aliphatic carbocycles. The molecule has 0 spiro atoms. The molecule has 0 amide bonds. The predicted molar refractivity (Wildman–Crippen MR) is 70.4 cm³/mol. The molecule has 1 N–H and O–H groups in total. The molecular weight excluding hydrogens is 336 g/mol. The molecule has 0 saturated heterocycles. The highest BCUT2D eigenvalue weighted by molar-refractivity contribution is 9.13. The van der Waals surface area contributed by atoms with Crippen molar-refractivity contribution in [2.45, 2.75) is 13.5 Å². The first-order chi connectivity index (χ1) is 7.65. The van der Waals surface area contributed by atoms with E-state index in [0.717, 1.165) is 21.5 Å². The van der Waals surface area contributed by atoms with Gasteiger partial charge in [0.2, 0.25) is 0 Å². The number of nitrogens with zero attached hydrogens (tertiary/aromatic N) is 1. The van der Waals surface area contributed by atoms with Crippen molar-refractivity contribution in [3.63, 3.8) is 0 Å². The number of pyridine rings is 1. The van der Waals surface area contributed by atoms with Crippen LogP contribution >= 0.6 is 31.9 Å². The van der Waals surface area contributed by atoms with Crippen LogP contribution in [0.3, 0.4) is 0 Å². The Balaban J connectivity index is 2.02. The molecule has 0 aliphatic heterocycles. The van der Waals surface area contributed by atoms with Crippen molar-refractivity contribution in [2.24, 2.45) is 0 Å². The molecule has 2 heterocycles. The van der Waals surface area contributed by atoms with Gasteiger partial charge in [-0.2, -0.15) is 0 Å². The Hall–Kier alpha value is -0.810. The Kier molecular flexibility index (Phi) is 3.66. The maximum atomic E-state index is 5.45. The van der Waals surface area contributed by atoms with E-state index in [2.05, 4.69) is 42.2 Å². The van der Waals surface area contributed by atoms with Gasteiger partial charge in [-0.15, -0.1) is 0 Å². The summed E-state index contributed by atoms with van der Waals surface area (Å²) in [5.74, 6) is 0.861. The molecule has 2 aromatic heterocycles. The van der Waals surface area contributed by atoms with Crippen molar-refractivity contribution in [1.82, 2.24) is 4.98 Å². The second kappa shape index (κ2) is 5.01. The predicted octanol–water partition coefficient (Wildman–Crippen LogP) is 4.12. The van der Waals surface area contributed by atoms with Crippen LogP contribution in [0.2, 0.25) is 0 Å². The summed E-state index contributed by atoms with van der Waals surface area (Å²) >= 11 is 6.67. The van der Waals surface area contributed by atoms with E-state index in [-0.39, 0.29) is 0 Å². The number of hydrogen-bond acceptors (Lipinski definition) is 3. The van der Waals surface area contributed by atoms with Crippen molar-refractivity contribution in [1.29, 1.82) is 0 Å². The van der Waals surface area contributed by atoms with Gasteiger partial charge in [-0.3, -0.25) is 4.98 Å². The molecule has 16 heavy (non-hydrogen) atoms. The fraction of sp³-hybridized carbons (Fsp3) is 0.182. The molecule has 2 aromatic rings. The van der Waals surface area contributed by atoms with Gasteiger partial charge < -0.3 is 9.73 Å². The molecular formula is C11H10Br2N2O. The molecule has 0 aliphatic rings. The molecule has 2 rings (SSSR count). The molecule has 84 valence electrons. The van der Waals surface area contributed by atoms with Gasteiger partial charge in [0, 0.05) is 12.4 Å². The standard InChI is InChI=1S/C11H10Br2N2O/c1-7-2-8(5-14-4-7)15-6-9-3-10(12)11(13)16-9/h2-5,15H,6H2,1H3. The molecule has 0 radical (unpaired) electrons. The second-order valence-electron chi connectivity index (χ2n) is 3.44. The minimum Gasteiger partial charge on any atom is -0.451 e. The third-order valence-corrected chi connectivity index (χ3v) is 3.75. The summed E-state index contributed by atoms with van der Waals surface area (Å²) in [5, 5.41) is 3.24. The van der Waals surface area contributed by atoms with Gasteiger partial charge in [-0.1, -0.05) is 0 Å². The number of aryl methyl sites for hydroxylation is 1. The van der Waals surface area contributed by atoms with Crippen LogP contribution in [0.1, 0.15) is 11.3 Å². The zero-order valence-electron chi connectivity index (χ0n) is 8.63. The number of furan rings is 1. The molecule has 0 atom stereocenters. The average Bonchev–Trinajstić information content (AvgIpc) is 2.56. The van der Waals surface area contributed by atoms with Gasteiger partial charge in [0.05, 0.1) is 16.7 Å². The Morgan fingerprint density at radius 1 is 1.31 bits per heavy atom. The molecule has 3 nitrogen and oxygen atoms in total. The van der Waals surface area contributed by atoms with Crippen LogP contribution in [-0.2, 0) is 6.54 Å². The van der Waals surface area contributed by atoms with E-state index in [1.165, 1.54) is 0 Å². The first kappa shape index (κ1) is 11.7. The van der Waals surface area contributed by atoms with Crippen LogP contribution in [0.5, 0.6) is 0 Å². The topological polar surface area (TPSA) is 38.1 Å². The van der Waals surface area contributed by atoms with Crippen molar-refractivity contribution in [2.75, 3.05) is 5.32 Å².